The second-order valence-corrected chi connectivity index (χ2v) is 18.0. The second kappa shape index (κ2) is 10.5. The largest absolute Gasteiger partial charge is 0.394 e. The van der Waals surface area contributed by atoms with Crippen molar-refractivity contribution in [2.45, 2.75) is 149 Å². The third-order valence-corrected chi connectivity index (χ3v) is 15.2. The Hall–Kier alpha value is -1.03. The Labute approximate surface area is 264 Å². The van der Waals surface area contributed by atoms with E-state index in [9.17, 15) is 30.3 Å². The van der Waals surface area contributed by atoms with Crippen LogP contribution in [0.4, 0.5) is 0 Å². The van der Waals surface area contributed by atoms with Crippen molar-refractivity contribution >= 4 is 5.91 Å². The number of aliphatic hydroxyl groups excluding tert-OH is 5. The molecule has 44 heavy (non-hydrogen) atoms. The molecule has 0 aromatic heterocycles. The maximum Gasteiger partial charge on any atom is 0.228 e. The summed E-state index contributed by atoms with van der Waals surface area (Å²) in [5, 5.41) is 55.1. The SMILES string of the molecule is CC1(C)CC[C@]2(C(=O)N[C@@H]3O[C@H](CO)[C@@H](O)[C@H](O)[C@@H]3O)CC[C@]3(C)C(=CC[C@@H]4[C@@]5(C)CC[C@H](O)C(C)(C)[C@@H]5CC[C@]43C)[C@@H]2C1. The average Bonchev–Trinajstić information content (AvgIpc) is 2.95. The topological polar surface area (TPSA) is 139 Å². The molecule has 13 atom stereocenters. The van der Waals surface area contributed by atoms with Gasteiger partial charge in [-0.2, -0.15) is 0 Å². The molecule has 0 aromatic rings. The molecule has 6 N–H and O–H groups in total. The molecule has 5 aliphatic carbocycles. The van der Waals surface area contributed by atoms with Gasteiger partial charge >= 0.3 is 0 Å². The smallest absolute Gasteiger partial charge is 0.228 e. The molecule has 8 heteroatoms. The number of rotatable bonds is 3. The lowest BCUT2D eigenvalue weighted by molar-refractivity contribution is -0.238. The molecule has 1 saturated heterocycles. The highest BCUT2D eigenvalue weighted by Crippen LogP contribution is 2.75. The van der Waals surface area contributed by atoms with Crippen LogP contribution >= 0.6 is 0 Å². The zero-order valence-corrected chi connectivity index (χ0v) is 28.1. The van der Waals surface area contributed by atoms with Crippen molar-refractivity contribution < 1.29 is 35.1 Å². The third kappa shape index (κ3) is 4.40. The molecular weight excluding hydrogens is 558 g/mol. The van der Waals surface area contributed by atoms with Gasteiger partial charge in [-0.05, 0) is 109 Å². The van der Waals surface area contributed by atoms with Crippen LogP contribution in [0.3, 0.4) is 0 Å². The van der Waals surface area contributed by atoms with E-state index >= 15 is 0 Å². The van der Waals surface area contributed by atoms with Crippen molar-refractivity contribution in [1.82, 2.24) is 5.32 Å². The number of carbonyl (C=O) groups excluding carboxylic acids is 1. The van der Waals surface area contributed by atoms with Crippen LogP contribution in [0.15, 0.2) is 11.6 Å². The number of amides is 1. The van der Waals surface area contributed by atoms with E-state index in [1.807, 2.05) is 0 Å². The first-order valence-electron chi connectivity index (χ1n) is 17.4. The van der Waals surface area contributed by atoms with Crippen molar-refractivity contribution in [2.24, 2.45) is 50.2 Å². The predicted octanol–water partition coefficient (Wildman–Crippen LogP) is 4.07. The lowest BCUT2D eigenvalue weighted by atomic mass is 9.33. The highest BCUT2D eigenvalue weighted by atomic mass is 16.6. The van der Waals surface area contributed by atoms with Gasteiger partial charge in [0, 0.05) is 0 Å². The fourth-order valence-corrected chi connectivity index (χ4v) is 12.1. The standard InChI is InChI=1S/C36H59NO7/c1-31(2)14-16-36(30(43)37-29-28(42)27(41)26(40)22(19-38)44-29)17-15-34(6)20(21(36)18-31)8-9-24-33(5)12-11-25(39)32(3,4)23(33)10-13-35(24,34)7/h8,21-29,38-42H,9-19H2,1-7H3,(H,37,43)/t21-,22+,23-,24+,25-,26+,27-,28-,29+,33-,34+,35+,36-/m0/s1. The summed E-state index contributed by atoms with van der Waals surface area (Å²) in [6.45, 7) is 16.2. The summed E-state index contributed by atoms with van der Waals surface area (Å²) in [5.41, 5.74) is 0.967. The van der Waals surface area contributed by atoms with Crippen molar-refractivity contribution in [1.29, 1.82) is 0 Å². The lowest BCUT2D eigenvalue weighted by Gasteiger charge is -2.71. The van der Waals surface area contributed by atoms with E-state index in [0.29, 0.717) is 11.8 Å². The van der Waals surface area contributed by atoms with E-state index in [-0.39, 0.29) is 45.0 Å². The summed E-state index contributed by atoms with van der Waals surface area (Å²) < 4.78 is 5.73. The zero-order chi connectivity index (χ0) is 32.3. The predicted molar refractivity (Wildman–Crippen MR) is 167 cm³/mol. The van der Waals surface area contributed by atoms with Crippen LogP contribution in [0.1, 0.15) is 113 Å². The van der Waals surface area contributed by atoms with Gasteiger partial charge in [0.25, 0.3) is 0 Å². The molecule has 1 aliphatic heterocycles. The molecule has 5 fully saturated rings. The zero-order valence-electron chi connectivity index (χ0n) is 28.1. The van der Waals surface area contributed by atoms with Gasteiger partial charge < -0.3 is 35.6 Å². The first-order valence-corrected chi connectivity index (χ1v) is 17.4. The van der Waals surface area contributed by atoms with Crippen molar-refractivity contribution in [3.05, 3.63) is 11.6 Å². The van der Waals surface area contributed by atoms with E-state index in [1.54, 1.807) is 0 Å². The average molecular weight is 618 g/mol. The molecule has 4 saturated carbocycles. The first-order chi connectivity index (χ1) is 20.4. The highest BCUT2D eigenvalue weighted by Gasteiger charge is 2.69. The van der Waals surface area contributed by atoms with Crippen molar-refractivity contribution in [3.63, 3.8) is 0 Å². The number of fused-ring (bicyclic) bond motifs is 7. The van der Waals surface area contributed by atoms with Gasteiger partial charge in [0.2, 0.25) is 5.91 Å². The molecule has 8 nitrogen and oxygen atoms in total. The van der Waals surface area contributed by atoms with Crippen LogP contribution in [-0.2, 0) is 9.53 Å². The Bertz CT molecular complexity index is 1180. The van der Waals surface area contributed by atoms with Crippen LogP contribution in [0, 0.1) is 50.2 Å². The third-order valence-electron chi connectivity index (χ3n) is 15.2. The minimum atomic E-state index is -1.53. The minimum Gasteiger partial charge on any atom is -0.394 e. The van der Waals surface area contributed by atoms with Gasteiger partial charge in [-0.1, -0.05) is 60.1 Å². The van der Waals surface area contributed by atoms with Crippen LogP contribution in [0.25, 0.3) is 0 Å². The molecule has 1 heterocycles. The van der Waals surface area contributed by atoms with Gasteiger partial charge in [-0.3, -0.25) is 4.79 Å². The molecule has 1 amide bonds. The molecular formula is C36H59NO7. The minimum absolute atomic E-state index is 0.0465. The van der Waals surface area contributed by atoms with Crippen LogP contribution in [-0.4, -0.2) is 74.8 Å². The Morgan fingerprint density at radius 3 is 2.23 bits per heavy atom. The Balaban J connectivity index is 1.35. The van der Waals surface area contributed by atoms with Gasteiger partial charge in [0.1, 0.15) is 24.4 Å². The van der Waals surface area contributed by atoms with Gasteiger partial charge in [0.15, 0.2) is 6.23 Å². The Kier molecular flexibility index (Phi) is 7.84. The second-order valence-electron chi connectivity index (χ2n) is 18.0. The molecule has 0 spiro atoms. The molecule has 0 bridgehead atoms. The summed E-state index contributed by atoms with van der Waals surface area (Å²) in [7, 11) is 0. The highest BCUT2D eigenvalue weighted by molar-refractivity contribution is 5.84. The maximum absolute atomic E-state index is 14.5. The summed E-state index contributed by atoms with van der Waals surface area (Å²) in [4.78, 5) is 14.5. The van der Waals surface area contributed by atoms with Crippen LogP contribution in [0.5, 0.6) is 0 Å². The van der Waals surface area contributed by atoms with E-state index in [2.05, 4.69) is 59.9 Å². The van der Waals surface area contributed by atoms with Gasteiger partial charge in [-0.25, -0.2) is 0 Å². The van der Waals surface area contributed by atoms with E-state index in [4.69, 9.17) is 4.74 Å². The van der Waals surface area contributed by atoms with E-state index in [0.717, 1.165) is 64.2 Å². The van der Waals surface area contributed by atoms with Crippen molar-refractivity contribution in [2.75, 3.05) is 6.61 Å². The summed E-state index contributed by atoms with van der Waals surface area (Å²) in [5.74, 6) is 0.899. The number of allylic oxidation sites excluding steroid dienone is 2. The van der Waals surface area contributed by atoms with Crippen LogP contribution in [0.2, 0.25) is 0 Å². The number of hydrogen-bond acceptors (Lipinski definition) is 7. The molecule has 6 aliphatic rings. The molecule has 6 rings (SSSR count). The molecule has 0 aromatic carbocycles. The summed E-state index contributed by atoms with van der Waals surface area (Å²) >= 11 is 0. The number of aliphatic hydroxyl groups is 5. The number of nitrogens with one attached hydrogen (secondary N) is 1. The normalized spacial score (nSPS) is 52.8. The monoisotopic (exact) mass is 617 g/mol. The fraction of sp³-hybridized carbons (Fsp3) is 0.917. The van der Waals surface area contributed by atoms with Crippen molar-refractivity contribution in [3.8, 4) is 0 Å². The number of ether oxygens (including phenoxy) is 1. The Morgan fingerprint density at radius 2 is 1.55 bits per heavy atom. The molecule has 0 unspecified atom stereocenters. The summed E-state index contributed by atoms with van der Waals surface area (Å²) in [6.07, 6.45) is 4.92. The maximum atomic E-state index is 14.5. The Morgan fingerprint density at radius 1 is 0.864 bits per heavy atom. The van der Waals surface area contributed by atoms with Gasteiger partial charge in [0.05, 0.1) is 18.1 Å². The molecule has 250 valence electrons. The first kappa shape index (κ1) is 32.9. The van der Waals surface area contributed by atoms with E-state index < -0.39 is 42.7 Å². The number of hydrogen-bond donors (Lipinski definition) is 6. The number of carbonyl (C=O) groups is 1. The quantitative estimate of drug-likeness (QED) is 0.263. The van der Waals surface area contributed by atoms with Crippen LogP contribution < -0.4 is 5.32 Å². The molecule has 0 radical (unpaired) electrons. The van der Waals surface area contributed by atoms with Gasteiger partial charge in [-0.15, -0.1) is 0 Å². The fourth-order valence-electron chi connectivity index (χ4n) is 12.1. The summed E-state index contributed by atoms with van der Waals surface area (Å²) in [6, 6.07) is 0. The van der Waals surface area contributed by atoms with E-state index in [1.165, 1.54) is 5.57 Å². The lowest BCUT2D eigenvalue weighted by Crippen LogP contribution is -2.67.